The molecule has 1 aliphatic heterocycles. The van der Waals surface area contributed by atoms with E-state index in [-0.39, 0.29) is 12.7 Å². The fraction of sp³-hybridized carbons (Fsp3) is 0.231. The van der Waals surface area contributed by atoms with Crippen LogP contribution in [0.15, 0.2) is 29.0 Å². The molecular formula is C13H12N2O4. The number of nitrogens with zero attached hydrogens (tertiary/aromatic N) is 1. The molecule has 1 amide bonds. The van der Waals surface area contributed by atoms with Crippen molar-refractivity contribution in [1.29, 1.82) is 0 Å². The van der Waals surface area contributed by atoms with Crippen LogP contribution in [0.25, 0.3) is 0 Å². The van der Waals surface area contributed by atoms with Crippen molar-refractivity contribution in [1.82, 2.24) is 10.3 Å². The molecule has 0 atom stereocenters. The summed E-state index contributed by atoms with van der Waals surface area (Å²) in [6.45, 7) is 2.32. The number of aromatic nitrogens is 1. The van der Waals surface area contributed by atoms with Crippen LogP contribution in [0.4, 0.5) is 0 Å². The fourth-order valence-corrected chi connectivity index (χ4v) is 1.80. The molecule has 2 heterocycles. The normalized spacial score (nSPS) is 12.5. The molecule has 0 saturated carbocycles. The first kappa shape index (κ1) is 11.6. The van der Waals surface area contributed by atoms with Gasteiger partial charge in [0.1, 0.15) is 5.76 Å². The molecule has 2 aromatic rings. The van der Waals surface area contributed by atoms with Gasteiger partial charge in [0.2, 0.25) is 6.79 Å². The molecule has 6 nitrogen and oxygen atoms in total. The van der Waals surface area contributed by atoms with E-state index in [0.717, 1.165) is 5.69 Å². The average molecular weight is 260 g/mol. The monoisotopic (exact) mass is 260 g/mol. The maximum absolute atomic E-state index is 12.0. The summed E-state index contributed by atoms with van der Waals surface area (Å²) in [7, 11) is 0. The lowest BCUT2D eigenvalue weighted by Gasteiger charge is -2.04. The van der Waals surface area contributed by atoms with Crippen LogP contribution in [0.2, 0.25) is 0 Å². The predicted octanol–water partition coefficient (Wildman–Crippen LogP) is 1.64. The van der Waals surface area contributed by atoms with Crippen LogP contribution >= 0.6 is 0 Å². The van der Waals surface area contributed by atoms with Crippen molar-refractivity contribution in [3.63, 3.8) is 0 Å². The number of rotatable bonds is 3. The molecular weight excluding hydrogens is 248 g/mol. The third-order valence-corrected chi connectivity index (χ3v) is 2.89. The molecule has 0 bridgehead atoms. The predicted molar refractivity (Wildman–Crippen MR) is 65.0 cm³/mol. The van der Waals surface area contributed by atoms with E-state index in [0.29, 0.717) is 29.4 Å². The van der Waals surface area contributed by atoms with Gasteiger partial charge in [-0.25, -0.2) is 4.98 Å². The van der Waals surface area contributed by atoms with Crippen LogP contribution in [0.5, 0.6) is 11.5 Å². The Morgan fingerprint density at radius 3 is 3.00 bits per heavy atom. The standard InChI is InChI=1S/C13H12N2O4/c1-8-12(17-6-15-8)5-14-13(16)9-2-3-10-11(4-9)19-7-18-10/h2-4,6H,5,7H2,1H3,(H,14,16). The first-order valence-electron chi connectivity index (χ1n) is 5.81. The van der Waals surface area contributed by atoms with Crippen LogP contribution in [0.1, 0.15) is 21.8 Å². The van der Waals surface area contributed by atoms with Crippen LogP contribution < -0.4 is 14.8 Å². The summed E-state index contributed by atoms with van der Waals surface area (Å²) in [6.07, 6.45) is 1.36. The van der Waals surface area contributed by atoms with Gasteiger partial charge in [-0.15, -0.1) is 0 Å². The highest BCUT2D eigenvalue weighted by molar-refractivity contribution is 5.94. The second-order valence-electron chi connectivity index (χ2n) is 4.11. The van der Waals surface area contributed by atoms with E-state index in [1.807, 2.05) is 6.92 Å². The molecule has 0 radical (unpaired) electrons. The number of ether oxygens (including phenoxy) is 2. The van der Waals surface area contributed by atoms with Gasteiger partial charge >= 0.3 is 0 Å². The Kier molecular flexibility index (Phi) is 2.83. The Balaban J connectivity index is 1.69. The van der Waals surface area contributed by atoms with Crippen LogP contribution in [0, 0.1) is 6.92 Å². The Morgan fingerprint density at radius 2 is 2.21 bits per heavy atom. The van der Waals surface area contributed by atoms with Crippen molar-refractivity contribution in [2.45, 2.75) is 13.5 Å². The molecule has 98 valence electrons. The Bertz CT molecular complexity index is 621. The van der Waals surface area contributed by atoms with Crippen molar-refractivity contribution in [3.8, 4) is 11.5 Å². The zero-order chi connectivity index (χ0) is 13.2. The number of carbonyl (C=O) groups is 1. The molecule has 1 aromatic heterocycles. The SMILES string of the molecule is Cc1ncoc1CNC(=O)c1ccc2c(c1)OCO2. The van der Waals surface area contributed by atoms with Crippen LogP contribution in [0.3, 0.4) is 0 Å². The Labute approximate surface area is 109 Å². The summed E-state index contributed by atoms with van der Waals surface area (Å²) >= 11 is 0. The largest absolute Gasteiger partial charge is 0.454 e. The molecule has 6 heteroatoms. The topological polar surface area (TPSA) is 73.6 Å². The number of nitrogens with one attached hydrogen (secondary N) is 1. The number of carbonyl (C=O) groups excluding carboxylic acids is 1. The van der Waals surface area contributed by atoms with Gasteiger partial charge in [-0.05, 0) is 25.1 Å². The molecule has 0 unspecified atom stereocenters. The van der Waals surface area contributed by atoms with Crippen molar-refractivity contribution in [2.24, 2.45) is 0 Å². The summed E-state index contributed by atoms with van der Waals surface area (Å²) in [4.78, 5) is 15.9. The number of benzene rings is 1. The molecule has 0 aliphatic carbocycles. The van der Waals surface area contributed by atoms with E-state index >= 15 is 0 Å². The molecule has 0 spiro atoms. The minimum atomic E-state index is -0.200. The van der Waals surface area contributed by atoms with E-state index in [1.54, 1.807) is 18.2 Å². The second-order valence-corrected chi connectivity index (χ2v) is 4.11. The molecule has 1 aliphatic rings. The summed E-state index contributed by atoms with van der Waals surface area (Å²) < 4.78 is 15.6. The fourth-order valence-electron chi connectivity index (χ4n) is 1.80. The van der Waals surface area contributed by atoms with Gasteiger partial charge in [0.25, 0.3) is 5.91 Å². The molecule has 0 saturated heterocycles. The quantitative estimate of drug-likeness (QED) is 0.908. The van der Waals surface area contributed by atoms with Crippen molar-refractivity contribution in [2.75, 3.05) is 6.79 Å². The minimum Gasteiger partial charge on any atom is -0.454 e. The number of hydrogen-bond acceptors (Lipinski definition) is 5. The first-order valence-corrected chi connectivity index (χ1v) is 5.81. The highest BCUT2D eigenvalue weighted by Crippen LogP contribution is 2.32. The molecule has 1 N–H and O–H groups in total. The number of amides is 1. The number of oxazole rings is 1. The lowest BCUT2D eigenvalue weighted by Crippen LogP contribution is -2.22. The second kappa shape index (κ2) is 4.64. The van der Waals surface area contributed by atoms with E-state index < -0.39 is 0 Å². The van der Waals surface area contributed by atoms with E-state index in [4.69, 9.17) is 13.9 Å². The van der Waals surface area contributed by atoms with Gasteiger partial charge in [-0.2, -0.15) is 0 Å². The van der Waals surface area contributed by atoms with Gasteiger partial charge in [-0.1, -0.05) is 0 Å². The maximum Gasteiger partial charge on any atom is 0.251 e. The van der Waals surface area contributed by atoms with Crippen molar-refractivity contribution < 1.29 is 18.7 Å². The van der Waals surface area contributed by atoms with E-state index in [9.17, 15) is 4.79 Å². The molecule has 1 aromatic carbocycles. The highest BCUT2D eigenvalue weighted by Gasteiger charge is 2.16. The first-order chi connectivity index (χ1) is 9.24. The third kappa shape index (κ3) is 2.24. The van der Waals surface area contributed by atoms with Crippen molar-refractivity contribution >= 4 is 5.91 Å². The van der Waals surface area contributed by atoms with Gasteiger partial charge in [0.15, 0.2) is 17.9 Å². The number of hydrogen-bond donors (Lipinski definition) is 1. The van der Waals surface area contributed by atoms with Crippen LogP contribution in [-0.2, 0) is 6.54 Å². The van der Waals surface area contributed by atoms with E-state index in [2.05, 4.69) is 10.3 Å². The number of aryl methyl sites for hydroxylation is 1. The molecule has 19 heavy (non-hydrogen) atoms. The minimum absolute atomic E-state index is 0.192. The van der Waals surface area contributed by atoms with E-state index in [1.165, 1.54) is 6.39 Å². The van der Waals surface area contributed by atoms with Gasteiger partial charge < -0.3 is 19.2 Å². The summed E-state index contributed by atoms with van der Waals surface area (Å²) in [5, 5.41) is 2.76. The van der Waals surface area contributed by atoms with Gasteiger partial charge in [0.05, 0.1) is 12.2 Å². The van der Waals surface area contributed by atoms with Gasteiger partial charge in [-0.3, -0.25) is 4.79 Å². The zero-order valence-corrected chi connectivity index (χ0v) is 10.3. The Morgan fingerprint density at radius 1 is 1.37 bits per heavy atom. The third-order valence-electron chi connectivity index (χ3n) is 2.89. The summed E-state index contributed by atoms with van der Waals surface area (Å²) in [5.41, 5.74) is 1.28. The Hall–Kier alpha value is -2.50. The van der Waals surface area contributed by atoms with Crippen LogP contribution in [-0.4, -0.2) is 17.7 Å². The average Bonchev–Trinajstić information content (AvgIpc) is 3.03. The molecule has 0 fully saturated rings. The zero-order valence-electron chi connectivity index (χ0n) is 10.3. The smallest absolute Gasteiger partial charge is 0.251 e. The van der Waals surface area contributed by atoms with Gasteiger partial charge in [0, 0.05) is 5.56 Å². The molecule has 3 rings (SSSR count). The maximum atomic E-state index is 12.0. The summed E-state index contributed by atoms with van der Waals surface area (Å²) in [6, 6.07) is 5.07. The highest BCUT2D eigenvalue weighted by atomic mass is 16.7. The number of fused-ring (bicyclic) bond motifs is 1. The summed E-state index contributed by atoms with van der Waals surface area (Å²) in [5.74, 6) is 1.69. The van der Waals surface area contributed by atoms with Crippen molar-refractivity contribution in [3.05, 3.63) is 41.6 Å². The lowest BCUT2D eigenvalue weighted by molar-refractivity contribution is 0.0947. The lowest BCUT2D eigenvalue weighted by atomic mass is 10.2.